The van der Waals surface area contributed by atoms with Gasteiger partial charge in [0.15, 0.2) is 0 Å². The maximum absolute atomic E-state index is 14.1. The average molecular weight is 485 g/mol. The van der Waals surface area contributed by atoms with E-state index < -0.39 is 5.82 Å². The van der Waals surface area contributed by atoms with Crippen molar-refractivity contribution in [3.8, 4) is 0 Å². The van der Waals surface area contributed by atoms with Crippen molar-refractivity contribution in [3.63, 3.8) is 0 Å². The molecular weight excluding hydrogens is 462 g/mol. The van der Waals surface area contributed by atoms with Gasteiger partial charge in [-0.2, -0.15) is 0 Å². The molecule has 1 aromatic heterocycles. The minimum atomic E-state index is -0.434. The predicted octanol–water partition coefficient (Wildman–Crippen LogP) is 6.97. The second-order valence-corrected chi connectivity index (χ2v) is 9.82. The number of rotatable bonds is 3. The molecule has 3 aromatic rings. The van der Waals surface area contributed by atoms with E-state index in [4.69, 9.17) is 0 Å². The third kappa shape index (κ3) is 3.75. The Hall–Kier alpha value is -2.34. The van der Waals surface area contributed by atoms with Crippen LogP contribution < -0.4 is 5.32 Å². The summed E-state index contributed by atoms with van der Waals surface area (Å²) in [5.41, 5.74) is 2.20. The van der Waals surface area contributed by atoms with Crippen molar-refractivity contribution in [1.82, 2.24) is 4.98 Å². The Balaban J connectivity index is 1.30. The molecule has 1 N–H and O–H groups in total. The van der Waals surface area contributed by atoms with Crippen molar-refractivity contribution < 1.29 is 13.6 Å². The fraction of sp³-hybridized carbons (Fsp3) is 0.360. The highest BCUT2D eigenvalue weighted by Crippen LogP contribution is 2.58. The summed E-state index contributed by atoms with van der Waals surface area (Å²) in [6.07, 6.45) is 7.52. The fourth-order valence-electron chi connectivity index (χ4n) is 5.51. The van der Waals surface area contributed by atoms with Gasteiger partial charge in [0.05, 0.1) is 11.2 Å². The van der Waals surface area contributed by atoms with Crippen molar-refractivity contribution >= 4 is 38.4 Å². The average Bonchev–Trinajstić information content (AvgIpc) is 2.74. The highest BCUT2D eigenvalue weighted by atomic mass is 79.9. The van der Waals surface area contributed by atoms with E-state index in [0.717, 1.165) is 55.0 Å². The summed E-state index contributed by atoms with van der Waals surface area (Å²) in [4.78, 5) is 17.3. The van der Waals surface area contributed by atoms with Gasteiger partial charge in [-0.15, -0.1) is 0 Å². The van der Waals surface area contributed by atoms with E-state index in [2.05, 4.69) is 26.2 Å². The lowest BCUT2D eigenvalue weighted by Gasteiger charge is -2.52. The number of anilines is 1. The van der Waals surface area contributed by atoms with Crippen LogP contribution in [0.25, 0.3) is 10.9 Å². The van der Waals surface area contributed by atoms with Crippen LogP contribution in [0.2, 0.25) is 0 Å². The van der Waals surface area contributed by atoms with Crippen LogP contribution in [-0.4, -0.2) is 10.9 Å². The molecular formula is C25H23BrF2N2O. The molecule has 0 saturated heterocycles. The molecule has 6 heteroatoms. The van der Waals surface area contributed by atoms with Crippen molar-refractivity contribution in [2.24, 2.45) is 11.3 Å². The first-order valence-corrected chi connectivity index (χ1v) is 11.5. The number of pyridine rings is 1. The largest absolute Gasteiger partial charge is 0.323 e. The van der Waals surface area contributed by atoms with Crippen molar-refractivity contribution in [3.05, 3.63) is 70.3 Å². The van der Waals surface area contributed by atoms with Crippen LogP contribution in [0, 0.1) is 23.0 Å². The number of hydrogen-bond donors (Lipinski definition) is 1. The Labute approximate surface area is 188 Å². The molecule has 0 unspecified atom stereocenters. The van der Waals surface area contributed by atoms with E-state index in [1.807, 2.05) is 6.07 Å². The zero-order valence-corrected chi connectivity index (χ0v) is 18.6. The van der Waals surface area contributed by atoms with Gasteiger partial charge >= 0.3 is 0 Å². The van der Waals surface area contributed by atoms with Gasteiger partial charge in [-0.25, -0.2) is 8.78 Å². The summed E-state index contributed by atoms with van der Waals surface area (Å²) < 4.78 is 28.6. The molecule has 1 heterocycles. The molecule has 1 amide bonds. The number of halogens is 3. The van der Waals surface area contributed by atoms with Crippen LogP contribution in [0.15, 0.2) is 53.1 Å². The molecule has 1 spiro atoms. The Morgan fingerprint density at radius 1 is 1.03 bits per heavy atom. The first kappa shape index (κ1) is 20.6. The van der Waals surface area contributed by atoms with E-state index in [0.29, 0.717) is 10.4 Å². The smallest absolute Gasteiger partial charge is 0.228 e. The molecule has 160 valence electrons. The molecule has 3 nitrogen and oxygen atoms in total. The Bertz CT molecular complexity index is 1160. The third-order valence-corrected chi connectivity index (χ3v) is 7.83. The van der Waals surface area contributed by atoms with Crippen LogP contribution in [0.4, 0.5) is 14.5 Å². The van der Waals surface area contributed by atoms with E-state index in [1.54, 1.807) is 30.5 Å². The van der Waals surface area contributed by atoms with Crippen LogP contribution >= 0.6 is 15.9 Å². The normalized spacial score (nSPS) is 25.4. The number of amides is 1. The summed E-state index contributed by atoms with van der Waals surface area (Å²) in [6, 6.07) is 11.4. The number of nitrogens with one attached hydrogen (secondary N) is 1. The van der Waals surface area contributed by atoms with Gasteiger partial charge in [-0.3, -0.25) is 9.78 Å². The zero-order chi connectivity index (χ0) is 21.6. The van der Waals surface area contributed by atoms with Crippen molar-refractivity contribution in [1.29, 1.82) is 0 Å². The van der Waals surface area contributed by atoms with E-state index in [1.165, 1.54) is 12.1 Å². The Morgan fingerprint density at radius 2 is 1.81 bits per heavy atom. The SMILES string of the molecule is O=C(Nc1ccc(Br)cc1F)[C@H]1CCC12CCC(c1ccnc3ccc(F)cc13)CC2. The second-order valence-electron chi connectivity index (χ2n) is 8.90. The lowest BCUT2D eigenvalue weighted by molar-refractivity contribution is -0.133. The van der Waals surface area contributed by atoms with Gasteiger partial charge in [-0.1, -0.05) is 15.9 Å². The first-order valence-electron chi connectivity index (χ1n) is 10.8. The lowest BCUT2D eigenvalue weighted by atomic mass is 9.52. The Morgan fingerprint density at radius 3 is 2.52 bits per heavy atom. The van der Waals surface area contributed by atoms with Crippen LogP contribution in [0.3, 0.4) is 0 Å². The molecule has 1 atom stereocenters. The van der Waals surface area contributed by atoms with Gasteiger partial charge in [0, 0.05) is 22.0 Å². The fourth-order valence-corrected chi connectivity index (χ4v) is 5.85. The molecule has 2 aromatic carbocycles. The minimum Gasteiger partial charge on any atom is -0.323 e. The monoisotopic (exact) mass is 484 g/mol. The Kier molecular flexibility index (Phi) is 5.29. The quantitative estimate of drug-likeness (QED) is 0.436. The number of benzene rings is 2. The lowest BCUT2D eigenvalue weighted by Crippen LogP contribution is -2.48. The van der Waals surface area contributed by atoms with E-state index in [-0.39, 0.29) is 28.7 Å². The summed E-state index contributed by atoms with van der Waals surface area (Å²) in [5, 5.41) is 3.69. The number of carbonyl (C=O) groups excluding carboxylic acids is 1. The number of hydrogen-bond acceptors (Lipinski definition) is 2. The van der Waals surface area contributed by atoms with Gasteiger partial charge < -0.3 is 5.32 Å². The van der Waals surface area contributed by atoms with Gasteiger partial charge in [0.1, 0.15) is 11.6 Å². The molecule has 0 aliphatic heterocycles. The molecule has 2 aliphatic rings. The number of nitrogens with zero attached hydrogens (tertiary/aromatic N) is 1. The highest BCUT2D eigenvalue weighted by molar-refractivity contribution is 9.10. The molecule has 0 bridgehead atoms. The maximum atomic E-state index is 14.1. The molecule has 0 radical (unpaired) electrons. The van der Waals surface area contributed by atoms with E-state index in [9.17, 15) is 13.6 Å². The van der Waals surface area contributed by atoms with Crippen LogP contribution in [0.5, 0.6) is 0 Å². The van der Waals surface area contributed by atoms with Gasteiger partial charge in [0.2, 0.25) is 5.91 Å². The third-order valence-electron chi connectivity index (χ3n) is 7.33. The second kappa shape index (κ2) is 7.97. The van der Waals surface area contributed by atoms with Crippen LogP contribution in [0.1, 0.15) is 50.0 Å². The maximum Gasteiger partial charge on any atom is 0.228 e. The number of fused-ring (bicyclic) bond motifs is 1. The van der Waals surface area contributed by atoms with Gasteiger partial charge in [-0.05, 0) is 97.9 Å². The number of aromatic nitrogens is 1. The highest BCUT2D eigenvalue weighted by Gasteiger charge is 2.51. The number of carbonyl (C=O) groups is 1. The zero-order valence-electron chi connectivity index (χ0n) is 17.0. The van der Waals surface area contributed by atoms with E-state index >= 15 is 0 Å². The summed E-state index contributed by atoms with van der Waals surface area (Å²) >= 11 is 3.24. The molecule has 5 rings (SSSR count). The molecule has 31 heavy (non-hydrogen) atoms. The molecule has 2 aliphatic carbocycles. The molecule has 2 fully saturated rings. The topological polar surface area (TPSA) is 42.0 Å². The summed E-state index contributed by atoms with van der Waals surface area (Å²) in [6.45, 7) is 0. The standard InChI is InChI=1S/C25H23BrF2N2O/c26-16-1-3-23(21(28)13-16)30-24(31)20-7-11-25(20)9-5-15(6-10-25)18-8-12-29-22-4-2-17(27)14-19(18)22/h1-4,8,12-15,20H,5-7,9-11H2,(H,30,31)/t15?,20-,25?/m1/s1. The van der Waals surface area contributed by atoms with Crippen molar-refractivity contribution in [2.75, 3.05) is 5.32 Å². The predicted molar refractivity (Wildman–Crippen MR) is 121 cm³/mol. The molecule has 2 saturated carbocycles. The summed E-state index contributed by atoms with van der Waals surface area (Å²) in [7, 11) is 0. The minimum absolute atomic E-state index is 0.000503. The van der Waals surface area contributed by atoms with Crippen molar-refractivity contribution in [2.45, 2.75) is 44.4 Å². The van der Waals surface area contributed by atoms with Gasteiger partial charge in [0.25, 0.3) is 0 Å². The summed E-state index contributed by atoms with van der Waals surface area (Å²) in [5.74, 6) is -0.502. The van der Waals surface area contributed by atoms with Crippen LogP contribution in [-0.2, 0) is 4.79 Å². The first-order chi connectivity index (χ1) is 14.9.